The van der Waals surface area contributed by atoms with Crippen LogP contribution in [0.4, 0.5) is 11.4 Å². The Morgan fingerprint density at radius 3 is 2.48 bits per heavy atom. The third kappa shape index (κ3) is 4.39. The standard InChI is InChI=1S/C17H13N3O4S/c21-17(19-13-3-5-15(6-4-13)20(22)23)12-1-7-16(8-2-12)24-9-14-10-25-11-18-14/h1-8,10-11H,9H2,(H,19,21). The molecule has 1 aromatic heterocycles. The number of carbonyl (C=O) groups excluding carboxylic acids is 1. The van der Waals surface area contributed by atoms with Crippen molar-refractivity contribution in [3.63, 3.8) is 0 Å². The predicted molar refractivity (Wildman–Crippen MR) is 93.9 cm³/mol. The lowest BCUT2D eigenvalue weighted by Gasteiger charge is -2.07. The number of nitrogens with one attached hydrogen (secondary N) is 1. The average molecular weight is 355 g/mol. The van der Waals surface area contributed by atoms with E-state index >= 15 is 0 Å². The van der Waals surface area contributed by atoms with E-state index in [0.717, 1.165) is 5.69 Å². The molecule has 7 nitrogen and oxygen atoms in total. The van der Waals surface area contributed by atoms with Gasteiger partial charge in [0, 0.05) is 28.8 Å². The van der Waals surface area contributed by atoms with Gasteiger partial charge < -0.3 is 10.1 Å². The van der Waals surface area contributed by atoms with Crippen LogP contribution in [0.1, 0.15) is 16.1 Å². The Morgan fingerprint density at radius 2 is 1.88 bits per heavy atom. The van der Waals surface area contributed by atoms with Gasteiger partial charge in [0.2, 0.25) is 0 Å². The minimum Gasteiger partial charge on any atom is -0.487 e. The lowest BCUT2D eigenvalue weighted by molar-refractivity contribution is -0.384. The van der Waals surface area contributed by atoms with Gasteiger partial charge >= 0.3 is 0 Å². The molecule has 0 spiro atoms. The molecule has 0 atom stereocenters. The van der Waals surface area contributed by atoms with Crippen LogP contribution in [0.5, 0.6) is 5.75 Å². The van der Waals surface area contributed by atoms with Gasteiger partial charge in [-0.2, -0.15) is 0 Å². The van der Waals surface area contributed by atoms with Crippen LogP contribution >= 0.6 is 11.3 Å². The Morgan fingerprint density at radius 1 is 1.16 bits per heavy atom. The monoisotopic (exact) mass is 355 g/mol. The Bertz CT molecular complexity index is 862. The number of nitrogens with zero attached hydrogens (tertiary/aromatic N) is 2. The molecule has 0 saturated carbocycles. The molecule has 0 bridgehead atoms. The zero-order valence-electron chi connectivity index (χ0n) is 12.9. The van der Waals surface area contributed by atoms with Crippen molar-refractivity contribution in [1.29, 1.82) is 0 Å². The van der Waals surface area contributed by atoms with E-state index in [2.05, 4.69) is 10.3 Å². The largest absolute Gasteiger partial charge is 0.487 e. The van der Waals surface area contributed by atoms with E-state index in [4.69, 9.17) is 4.74 Å². The van der Waals surface area contributed by atoms with Crippen LogP contribution in [0.3, 0.4) is 0 Å². The van der Waals surface area contributed by atoms with Crippen molar-refractivity contribution in [2.24, 2.45) is 0 Å². The second-order valence-corrected chi connectivity index (χ2v) is 5.77. The van der Waals surface area contributed by atoms with Crippen LogP contribution < -0.4 is 10.1 Å². The number of carbonyl (C=O) groups is 1. The number of nitro benzene ring substituents is 1. The Kier molecular flexibility index (Phi) is 5.00. The zero-order chi connectivity index (χ0) is 17.6. The predicted octanol–water partition coefficient (Wildman–Crippen LogP) is 3.88. The van der Waals surface area contributed by atoms with Gasteiger partial charge in [0.15, 0.2) is 0 Å². The highest BCUT2D eigenvalue weighted by atomic mass is 32.1. The summed E-state index contributed by atoms with van der Waals surface area (Å²) in [5, 5.41) is 15.2. The van der Waals surface area contributed by atoms with Crippen molar-refractivity contribution in [3.8, 4) is 5.75 Å². The number of anilines is 1. The molecule has 1 amide bonds. The summed E-state index contributed by atoms with van der Waals surface area (Å²) in [5.74, 6) is 0.333. The zero-order valence-corrected chi connectivity index (χ0v) is 13.7. The molecule has 0 aliphatic rings. The lowest BCUT2D eigenvalue weighted by atomic mass is 10.2. The molecule has 0 unspecified atom stereocenters. The van der Waals surface area contributed by atoms with Crippen molar-refractivity contribution in [3.05, 3.63) is 80.8 Å². The van der Waals surface area contributed by atoms with E-state index in [1.165, 1.54) is 35.6 Å². The molecule has 1 N–H and O–H groups in total. The molecule has 3 aromatic rings. The summed E-state index contributed by atoms with van der Waals surface area (Å²) in [5.41, 5.74) is 3.51. The molecule has 0 aliphatic heterocycles. The quantitative estimate of drug-likeness (QED) is 0.535. The number of hydrogen-bond acceptors (Lipinski definition) is 6. The maximum Gasteiger partial charge on any atom is 0.269 e. The van der Waals surface area contributed by atoms with E-state index in [1.807, 2.05) is 5.38 Å². The third-order valence-corrected chi connectivity index (χ3v) is 3.96. The van der Waals surface area contributed by atoms with Gasteiger partial charge in [-0.3, -0.25) is 14.9 Å². The molecular weight excluding hydrogens is 342 g/mol. The topological polar surface area (TPSA) is 94.4 Å². The highest BCUT2D eigenvalue weighted by molar-refractivity contribution is 7.07. The van der Waals surface area contributed by atoms with Gasteiger partial charge in [-0.15, -0.1) is 11.3 Å². The molecule has 8 heteroatoms. The fourth-order valence-corrected chi connectivity index (χ4v) is 2.58. The summed E-state index contributed by atoms with van der Waals surface area (Å²) >= 11 is 1.50. The van der Waals surface area contributed by atoms with E-state index < -0.39 is 4.92 Å². The van der Waals surface area contributed by atoms with Gasteiger partial charge in [-0.05, 0) is 36.4 Å². The fraction of sp³-hybridized carbons (Fsp3) is 0.0588. The summed E-state index contributed by atoms with van der Waals surface area (Å²) in [4.78, 5) is 26.5. The Hall–Kier alpha value is -3.26. The number of aromatic nitrogens is 1. The number of non-ortho nitro benzene ring substituents is 1. The van der Waals surface area contributed by atoms with Crippen molar-refractivity contribution in [2.75, 3.05) is 5.32 Å². The summed E-state index contributed by atoms with van der Waals surface area (Å²) in [7, 11) is 0. The number of rotatable bonds is 6. The SMILES string of the molecule is O=C(Nc1ccc([N+](=O)[O-])cc1)c1ccc(OCc2cscn2)cc1. The molecule has 0 saturated heterocycles. The normalized spacial score (nSPS) is 10.2. The smallest absolute Gasteiger partial charge is 0.269 e. The highest BCUT2D eigenvalue weighted by Gasteiger charge is 2.09. The maximum atomic E-state index is 12.2. The molecule has 1 heterocycles. The van der Waals surface area contributed by atoms with Crippen molar-refractivity contribution in [2.45, 2.75) is 6.61 Å². The van der Waals surface area contributed by atoms with Gasteiger partial charge in [0.1, 0.15) is 12.4 Å². The van der Waals surface area contributed by atoms with Gasteiger partial charge in [0.05, 0.1) is 16.1 Å². The van der Waals surface area contributed by atoms with E-state index in [1.54, 1.807) is 29.8 Å². The molecule has 126 valence electrons. The number of amides is 1. The van der Waals surface area contributed by atoms with Crippen molar-refractivity contribution < 1.29 is 14.5 Å². The van der Waals surface area contributed by atoms with E-state index in [-0.39, 0.29) is 11.6 Å². The van der Waals surface area contributed by atoms with Crippen LogP contribution in [-0.2, 0) is 6.61 Å². The second-order valence-electron chi connectivity index (χ2n) is 5.05. The maximum absolute atomic E-state index is 12.2. The summed E-state index contributed by atoms with van der Waals surface area (Å²) in [6, 6.07) is 12.4. The number of thiazole rings is 1. The Labute approximate surface area is 147 Å². The molecule has 0 radical (unpaired) electrons. The molecule has 3 rings (SSSR count). The second kappa shape index (κ2) is 7.54. The minimum absolute atomic E-state index is 0.0281. The molecule has 2 aromatic carbocycles. The first-order valence-electron chi connectivity index (χ1n) is 7.27. The number of nitro groups is 1. The van der Waals surface area contributed by atoms with Gasteiger partial charge in [0.25, 0.3) is 11.6 Å². The number of hydrogen-bond donors (Lipinski definition) is 1. The summed E-state index contributed by atoms with van der Waals surface area (Å²) in [6.45, 7) is 0.373. The van der Waals surface area contributed by atoms with Crippen LogP contribution in [0.2, 0.25) is 0 Å². The molecule has 0 fully saturated rings. The Balaban J connectivity index is 1.59. The average Bonchev–Trinajstić information content (AvgIpc) is 3.14. The van der Waals surface area contributed by atoms with Crippen LogP contribution in [0, 0.1) is 10.1 Å². The van der Waals surface area contributed by atoms with Crippen LogP contribution in [-0.4, -0.2) is 15.8 Å². The van der Waals surface area contributed by atoms with Gasteiger partial charge in [-0.25, -0.2) is 4.98 Å². The minimum atomic E-state index is -0.490. The summed E-state index contributed by atoms with van der Waals surface area (Å²) < 4.78 is 5.59. The first-order valence-corrected chi connectivity index (χ1v) is 8.22. The molecule has 0 aliphatic carbocycles. The molecular formula is C17H13N3O4S. The summed E-state index contributed by atoms with van der Waals surface area (Å²) in [6.07, 6.45) is 0. The number of benzene rings is 2. The fourth-order valence-electron chi connectivity index (χ4n) is 2.04. The van der Waals surface area contributed by atoms with Crippen LogP contribution in [0.25, 0.3) is 0 Å². The number of ether oxygens (including phenoxy) is 1. The van der Waals surface area contributed by atoms with E-state index in [0.29, 0.717) is 23.6 Å². The molecule has 25 heavy (non-hydrogen) atoms. The van der Waals surface area contributed by atoms with Crippen molar-refractivity contribution >= 4 is 28.6 Å². The van der Waals surface area contributed by atoms with E-state index in [9.17, 15) is 14.9 Å². The highest BCUT2D eigenvalue weighted by Crippen LogP contribution is 2.18. The third-order valence-electron chi connectivity index (χ3n) is 3.32. The van der Waals surface area contributed by atoms with Gasteiger partial charge in [-0.1, -0.05) is 0 Å². The first kappa shape index (κ1) is 16.6. The van der Waals surface area contributed by atoms with Crippen LogP contribution in [0.15, 0.2) is 59.4 Å². The lowest BCUT2D eigenvalue weighted by Crippen LogP contribution is -2.11. The first-order chi connectivity index (χ1) is 12.1. The van der Waals surface area contributed by atoms with Crippen molar-refractivity contribution in [1.82, 2.24) is 4.98 Å².